The molecule has 2 unspecified atom stereocenters. The first-order valence-corrected chi connectivity index (χ1v) is 10.5. The molecular weight excluding hydrogens is 397 g/mol. The van der Waals surface area contributed by atoms with Crippen LogP contribution in [-0.4, -0.2) is 54.6 Å². The topological polar surface area (TPSA) is 81.5 Å². The third-order valence-electron chi connectivity index (χ3n) is 6.20. The second kappa shape index (κ2) is 8.90. The zero-order valence-electron chi connectivity index (χ0n) is 17.7. The number of pyridine rings is 1. The van der Waals surface area contributed by atoms with Crippen LogP contribution in [0, 0.1) is 17.1 Å². The molecule has 1 amide bonds. The van der Waals surface area contributed by atoms with Gasteiger partial charge in [-0.3, -0.25) is 4.79 Å². The van der Waals surface area contributed by atoms with E-state index in [-0.39, 0.29) is 36.3 Å². The second-order valence-electron chi connectivity index (χ2n) is 8.07. The van der Waals surface area contributed by atoms with E-state index in [9.17, 15) is 9.18 Å². The lowest BCUT2D eigenvalue weighted by molar-refractivity contribution is -0.131. The highest BCUT2D eigenvalue weighted by Gasteiger charge is 2.41. The number of ether oxygens (including phenoxy) is 1. The van der Waals surface area contributed by atoms with Crippen molar-refractivity contribution in [1.29, 1.82) is 5.26 Å². The third-order valence-corrected chi connectivity index (χ3v) is 6.20. The molecule has 1 aromatic heterocycles. The van der Waals surface area contributed by atoms with Crippen LogP contribution in [0.3, 0.4) is 0 Å². The van der Waals surface area contributed by atoms with E-state index >= 15 is 0 Å². The molecule has 2 fully saturated rings. The van der Waals surface area contributed by atoms with Gasteiger partial charge in [0.2, 0.25) is 5.91 Å². The molecule has 2 aliphatic heterocycles. The molecule has 1 aromatic carbocycles. The van der Waals surface area contributed by atoms with Gasteiger partial charge in [0.25, 0.3) is 0 Å². The average molecular weight is 423 g/mol. The minimum absolute atomic E-state index is 0.0338. The molecular formula is C23H26FN5O2. The van der Waals surface area contributed by atoms with Gasteiger partial charge in [-0.2, -0.15) is 5.26 Å². The molecule has 0 aliphatic carbocycles. The maximum Gasteiger partial charge on any atom is 0.236 e. The van der Waals surface area contributed by atoms with Gasteiger partial charge in [0.15, 0.2) is 11.6 Å². The summed E-state index contributed by atoms with van der Waals surface area (Å²) in [5.41, 5.74) is 1.23. The van der Waals surface area contributed by atoms with Crippen LogP contribution in [0.25, 0.3) is 0 Å². The van der Waals surface area contributed by atoms with Crippen molar-refractivity contribution in [2.24, 2.45) is 0 Å². The molecule has 31 heavy (non-hydrogen) atoms. The quantitative estimate of drug-likeness (QED) is 0.769. The first kappa shape index (κ1) is 21.1. The molecule has 8 heteroatoms. The highest BCUT2D eigenvalue weighted by Crippen LogP contribution is 2.34. The Morgan fingerprint density at radius 1 is 1.32 bits per heavy atom. The van der Waals surface area contributed by atoms with Crippen molar-refractivity contribution >= 4 is 11.7 Å². The number of benzene rings is 1. The summed E-state index contributed by atoms with van der Waals surface area (Å²) in [5.74, 6) is 0.690. The van der Waals surface area contributed by atoms with Gasteiger partial charge >= 0.3 is 0 Å². The third kappa shape index (κ3) is 4.19. The first-order valence-electron chi connectivity index (χ1n) is 10.5. The number of anilines is 1. The number of para-hydroxylation sites is 1. The van der Waals surface area contributed by atoms with Gasteiger partial charge < -0.3 is 19.9 Å². The Labute approximate surface area is 181 Å². The molecule has 2 aliphatic rings. The van der Waals surface area contributed by atoms with Crippen molar-refractivity contribution in [3.05, 3.63) is 53.5 Å². The number of hydrogen-bond donors (Lipinski definition) is 1. The molecule has 4 rings (SSSR count). The number of carbonyl (C=O) groups is 1. The average Bonchev–Trinajstić information content (AvgIpc) is 3.05. The Bertz CT molecular complexity index is 976. The number of nitrogens with zero attached hydrogens (tertiary/aromatic N) is 4. The Kier molecular flexibility index (Phi) is 6.05. The number of piperazine rings is 1. The maximum absolute atomic E-state index is 14.0. The second-order valence-corrected chi connectivity index (χ2v) is 8.07. The van der Waals surface area contributed by atoms with E-state index in [1.807, 2.05) is 17.9 Å². The fourth-order valence-electron chi connectivity index (χ4n) is 4.63. The number of methoxy groups -OCH3 is 1. The molecule has 0 radical (unpaired) electrons. The van der Waals surface area contributed by atoms with Gasteiger partial charge in [-0.15, -0.1) is 0 Å². The van der Waals surface area contributed by atoms with Crippen molar-refractivity contribution in [1.82, 2.24) is 15.2 Å². The summed E-state index contributed by atoms with van der Waals surface area (Å²) in [6, 6.07) is 10.8. The lowest BCUT2D eigenvalue weighted by Gasteiger charge is -2.42. The van der Waals surface area contributed by atoms with Gasteiger partial charge in [0.1, 0.15) is 11.9 Å². The number of rotatable bonds is 6. The number of carbonyl (C=O) groups excluding carboxylic acids is 1. The van der Waals surface area contributed by atoms with Crippen molar-refractivity contribution in [2.45, 2.75) is 37.9 Å². The zero-order chi connectivity index (χ0) is 22.0. The number of hydrogen-bond acceptors (Lipinski definition) is 6. The predicted octanol–water partition coefficient (Wildman–Crippen LogP) is 2.63. The smallest absolute Gasteiger partial charge is 0.236 e. The van der Waals surface area contributed by atoms with Crippen molar-refractivity contribution in [3.63, 3.8) is 0 Å². The number of amides is 1. The predicted molar refractivity (Wildman–Crippen MR) is 114 cm³/mol. The van der Waals surface area contributed by atoms with Crippen LogP contribution < -0.4 is 15.0 Å². The van der Waals surface area contributed by atoms with Gasteiger partial charge in [-0.25, -0.2) is 9.37 Å². The molecule has 162 valence electrons. The summed E-state index contributed by atoms with van der Waals surface area (Å²) in [5, 5.41) is 12.2. The summed E-state index contributed by atoms with van der Waals surface area (Å²) in [4.78, 5) is 21.5. The zero-order valence-corrected chi connectivity index (χ0v) is 17.7. The Balaban J connectivity index is 1.37. The number of fused-ring (bicyclic) bond motifs is 2. The van der Waals surface area contributed by atoms with E-state index in [0.717, 1.165) is 18.7 Å². The van der Waals surface area contributed by atoms with Crippen molar-refractivity contribution < 1.29 is 13.9 Å². The van der Waals surface area contributed by atoms with E-state index in [1.54, 1.807) is 24.4 Å². The molecule has 3 heterocycles. The van der Waals surface area contributed by atoms with Crippen LogP contribution in [0.4, 0.5) is 10.2 Å². The van der Waals surface area contributed by atoms with Crippen LogP contribution in [0.1, 0.15) is 36.9 Å². The summed E-state index contributed by atoms with van der Waals surface area (Å²) in [6.07, 6.45) is 3.62. The van der Waals surface area contributed by atoms with E-state index in [2.05, 4.69) is 21.3 Å². The van der Waals surface area contributed by atoms with Crippen LogP contribution in [0.15, 0.2) is 36.5 Å². The fourth-order valence-corrected chi connectivity index (χ4v) is 4.63. The Morgan fingerprint density at radius 2 is 2.06 bits per heavy atom. The summed E-state index contributed by atoms with van der Waals surface area (Å²) >= 11 is 0. The van der Waals surface area contributed by atoms with Crippen molar-refractivity contribution in [2.75, 3.05) is 31.6 Å². The SMILES string of the molecule is COc1c(F)cccc1[C@H](C)NCC(=O)N1CC2CCC(C1)N2c1ccc(C#N)cn1. The van der Waals surface area contributed by atoms with Gasteiger partial charge in [0, 0.05) is 43.0 Å². The molecule has 2 aromatic rings. The number of likely N-dealkylation sites (tertiary alicyclic amines) is 1. The van der Waals surface area contributed by atoms with E-state index in [0.29, 0.717) is 24.2 Å². The van der Waals surface area contributed by atoms with Gasteiger partial charge in [-0.1, -0.05) is 12.1 Å². The van der Waals surface area contributed by atoms with Crippen LogP contribution >= 0.6 is 0 Å². The molecule has 3 atom stereocenters. The monoisotopic (exact) mass is 423 g/mol. The van der Waals surface area contributed by atoms with E-state index < -0.39 is 5.82 Å². The first-order chi connectivity index (χ1) is 15.0. The molecule has 2 saturated heterocycles. The maximum atomic E-state index is 14.0. The van der Waals surface area contributed by atoms with Gasteiger partial charge in [0.05, 0.1) is 19.2 Å². The van der Waals surface area contributed by atoms with Crippen LogP contribution in [0.5, 0.6) is 5.75 Å². The lowest BCUT2D eigenvalue weighted by Crippen LogP contribution is -2.57. The van der Waals surface area contributed by atoms with E-state index in [1.165, 1.54) is 13.2 Å². The molecule has 1 N–H and O–H groups in total. The molecule has 2 bridgehead atoms. The number of aromatic nitrogens is 1. The van der Waals surface area contributed by atoms with Crippen LogP contribution in [0.2, 0.25) is 0 Å². The normalized spacial score (nSPS) is 21.0. The molecule has 0 spiro atoms. The number of nitriles is 1. The number of halogens is 1. The molecule has 7 nitrogen and oxygen atoms in total. The minimum atomic E-state index is -0.413. The van der Waals surface area contributed by atoms with Gasteiger partial charge in [-0.05, 0) is 38.0 Å². The Morgan fingerprint density at radius 3 is 2.68 bits per heavy atom. The van der Waals surface area contributed by atoms with Crippen molar-refractivity contribution in [3.8, 4) is 11.8 Å². The minimum Gasteiger partial charge on any atom is -0.493 e. The standard InChI is InChI=1S/C23H26FN5O2/c1-15(19-4-3-5-20(24)23(19)31-2)26-12-22(30)28-13-17-7-8-18(14-28)29(17)21-9-6-16(10-25)11-27-21/h3-6,9,11,15,17-18,26H,7-8,12-14H2,1-2H3/t15-,17?,18?/m0/s1. The number of nitrogens with one attached hydrogen (secondary N) is 1. The fraction of sp³-hybridized carbons (Fsp3) is 0.435. The Hall–Kier alpha value is -3.18. The summed E-state index contributed by atoms with van der Waals surface area (Å²) < 4.78 is 19.1. The molecule has 0 saturated carbocycles. The highest BCUT2D eigenvalue weighted by molar-refractivity contribution is 5.79. The lowest BCUT2D eigenvalue weighted by atomic mass is 10.1. The summed E-state index contributed by atoms with van der Waals surface area (Å²) in [7, 11) is 1.44. The van der Waals surface area contributed by atoms with E-state index in [4.69, 9.17) is 10.00 Å². The summed E-state index contributed by atoms with van der Waals surface area (Å²) in [6.45, 7) is 3.37. The van der Waals surface area contributed by atoms with Crippen LogP contribution in [-0.2, 0) is 4.79 Å². The largest absolute Gasteiger partial charge is 0.493 e. The highest BCUT2D eigenvalue weighted by atomic mass is 19.1.